The molecule has 8 heteroatoms. The average Bonchev–Trinajstić information content (AvgIpc) is 3.62. The quantitative estimate of drug-likeness (QED) is 0.297. The summed E-state index contributed by atoms with van der Waals surface area (Å²) < 4.78 is 6.85. The molecule has 3 fully saturated rings. The van der Waals surface area contributed by atoms with Crippen molar-refractivity contribution in [3.05, 3.63) is 78.4 Å². The van der Waals surface area contributed by atoms with Gasteiger partial charge in [0.2, 0.25) is 17.7 Å². The number of likely N-dealkylation sites (tertiary alicyclic amines) is 1. The molecule has 3 aromatic carbocycles. The molecule has 1 spiro atoms. The highest BCUT2D eigenvalue weighted by molar-refractivity contribution is 6.04. The van der Waals surface area contributed by atoms with Crippen molar-refractivity contribution >= 4 is 34.2 Å². The minimum atomic E-state index is -1.07. The summed E-state index contributed by atoms with van der Waals surface area (Å²) in [5, 5.41) is 17.5. The maximum atomic E-state index is 14.3. The van der Waals surface area contributed by atoms with Crippen LogP contribution >= 0.6 is 0 Å². The molecule has 3 aromatic rings. The number of fused-ring (bicyclic) bond motifs is 2. The van der Waals surface area contributed by atoms with E-state index in [2.05, 4.69) is 10.6 Å². The smallest absolute Gasteiger partial charge is 0.250 e. The molecule has 0 aliphatic carbocycles. The molecule has 3 aliphatic heterocycles. The summed E-state index contributed by atoms with van der Waals surface area (Å²) in [6.45, 7) is 2.81. The third-order valence-electron chi connectivity index (χ3n) is 9.60. The van der Waals surface area contributed by atoms with Gasteiger partial charge >= 0.3 is 0 Å². The minimum Gasteiger partial charge on any atom is -0.396 e. The SMILES string of the molecule is CC[C@@]12CCC3(O1)C(C(=O)Nc1ccc4ccccc4c1)N(CCCCCO)C(=O)[C@@H]3[C@@H]2C(=O)NCc1ccccc1. The van der Waals surface area contributed by atoms with E-state index in [-0.39, 0.29) is 24.3 Å². The highest BCUT2D eigenvalue weighted by atomic mass is 16.5. The van der Waals surface area contributed by atoms with E-state index in [1.165, 1.54) is 0 Å². The van der Waals surface area contributed by atoms with Crippen LogP contribution in [0.4, 0.5) is 5.69 Å². The van der Waals surface area contributed by atoms with Crippen LogP contribution in [0.5, 0.6) is 0 Å². The Morgan fingerprint density at radius 3 is 2.48 bits per heavy atom. The first-order valence-corrected chi connectivity index (χ1v) is 15.2. The van der Waals surface area contributed by atoms with Gasteiger partial charge in [-0.25, -0.2) is 0 Å². The van der Waals surface area contributed by atoms with Gasteiger partial charge in [-0.05, 0) is 67.0 Å². The zero-order chi connectivity index (χ0) is 29.3. The molecule has 3 saturated heterocycles. The molecular weight excluding hydrogens is 530 g/mol. The van der Waals surface area contributed by atoms with Gasteiger partial charge in [-0.2, -0.15) is 0 Å². The lowest BCUT2D eigenvalue weighted by atomic mass is 9.65. The summed E-state index contributed by atoms with van der Waals surface area (Å²) in [7, 11) is 0. The van der Waals surface area contributed by atoms with Crippen LogP contribution < -0.4 is 10.6 Å². The van der Waals surface area contributed by atoms with Gasteiger partial charge in [0.25, 0.3) is 0 Å². The predicted molar refractivity (Wildman–Crippen MR) is 160 cm³/mol. The number of nitrogens with zero attached hydrogens (tertiary/aromatic N) is 1. The summed E-state index contributed by atoms with van der Waals surface area (Å²) >= 11 is 0. The summed E-state index contributed by atoms with van der Waals surface area (Å²) in [6, 6.07) is 22.6. The molecular formula is C34H39N3O5. The van der Waals surface area contributed by atoms with Crippen LogP contribution in [0.3, 0.4) is 0 Å². The molecule has 8 nitrogen and oxygen atoms in total. The number of rotatable bonds is 11. The second-order valence-corrected chi connectivity index (χ2v) is 11.9. The number of unbranched alkanes of at least 4 members (excludes halogenated alkanes) is 2. The first-order valence-electron chi connectivity index (χ1n) is 15.2. The van der Waals surface area contributed by atoms with Gasteiger partial charge in [-0.3, -0.25) is 14.4 Å². The fraction of sp³-hybridized carbons (Fsp3) is 0.441. The van der Waals surface area contributed by atoms with E-state index in [4.69, 9.17) is 4.74 Å². The Labute approximate surface area is 246 Å². The fourth-order valence-corrected chi connectivity index (χ4v) is 7.60. The zero-order valence-corrected chi connectivity index (χ0v) is 24.1. The molecule has 3 amide bonds. The van der Waals surface area contributed by atoms with Crippen LogP contribution in [-0.2, 0) is 25.7 Å². The lowest BCUT2D eigenvalue weighted by Gasteiger charge is -2.34. The monoisotopic (exact) mass is 569 g/mol. The van der Waals surface area contributed by atoms with E-state index in [9.17, 15) is 19.5 Å². The topological polar surface area (TPSA) is 108 Å². The van der Waals surface area contributed by atoms with E-state index in [1.807, 2.05) is 79.7 Å². The van der Waals surface area contributed by atoms with E-state index < -0.39 is 29.1 Å². The van der Waals surface area contributed by atoms with Crippen molar-refractivity contribution in [1.82, 2.24) is 10.2 Å². The Balaban J connectivity index is 1.31. The van der Waals surface area contributed by atoms with Crippen LogP contribution in [0.25, 0.3) is 10.8 Å². The average molecular weight is 570 g/mol. The first-order chi connectivity index (χ1) is 20.4. The minimum absolute atomic E-state index is 0.0815. The van der Waals surface area contributed by atoms with Crippen LogP contribution in [0, 0.1) is 11.8 Å². The Kier molecular flexibility index (Phi) is 7.77. The van der Waals surface area contributed by atoms with E-state index in [0.717, 1.165) is 22.8 Å². The van der Waals surface area contributed by atoms with E-state index in [0.29, 0.717) is 50.9 Å². The van der Waals surface area contributed by atoms with Gasteiger partial charge in [0.1, 0.15) is 11.6 Å². The van der Waals surface area contributed by atoms with Gasteiger partial charge in [0.15, 0.2) is 0 Å². The van der Waals surface area contributed by atoms with Crippen molar-refractivity contribution in [2.24, 2.45) is 11.8 Å². The molecule has 5 atom stereocenters. The highest BCUT2D eigenvalue weighted by Crippen LogP contribution is 2.64. The molecule has 2 unspecified atom stereocenters. The van der Waals surface area contributed by atoms with Crippen LogP contribution in [0.2, 0.25) is 0 Å². The number of amides is 3. The second-order valence-electron chi connectivity index (χ2n) is 11.9. The fourth-order valence-electron chi connectivity index (χ4n) is 7.60. The molecule has 42 heavy (non-hydrogen) atoms. The van der Waals surface area contributed by atoms with Crippen molar-refractivity contribution in [3.8, 4) is 0 Å². The molecule has 0 radical (unpaired) electrons. The molecule has 2 bridgehead atoms. The lowest BCUT2D eigenvalue weighted by Crippen LogP contribution is -2.53. The van der Waals surface area contributed by atoms with Crippen molar-refractivity contribution in [3.63, 3.8) is 0 Å². The maximum Gasteiger partial charge on any atom is 0.250 e. The zero-order valence-electron chi connectivity index (χ0n) is 24.1. The van der Waals surface area contributed by atoms with Gasteiger partial charge in [-0.1, -0.05) is 67.6 Å². The van der Waals surface area contributed by atoms with Crippen molar-refractivity contribution in [2.75, 3.05) is 18.5 Å². The first kappa shape index (κ1) is 28.4. The summed E-state index contributed by atoms with van der Waals surface area (Å²) in [5.74, 6) is -2.08. The van der Waals surface area contributed by atoms with Crippen LogP contribution in [-0.4, -0.2) is 58.1 Å². The van der Waals surface area contributed by atoms with Crippen molar-refractivity contribution in [1.29, 1.82) is 0 Å². The summed E-state index contributed by atoms with van der Waals surface area (Å²) in [4.78, 5) is 44.0. The number of nitrogens with one attached hydrogen (secondary N) is 2. The summed E-state index contributed by atoms with van der Waals surface area (Å²) in [5.41, 5.74) is -0.224. The predicted octanol–water partition coefficient (Wildman–Crippen LogP) is 4.41. The number of aliphatic hydroxyl groups excluding tert-OH is 1. The Morgan fingerprint density at radius 1 is 0.952 bits per heavy atom. The number of hydrogen-bond acceptors (Lipinski definition) is 5. The van der Waals surface area contributed by atoms with E-state index >= 15 is 0 Å². The van der Waals surface area contributed by atoms with Gasteiger partial charge in [-0.15, -0.1) is 0 Å². The molecule has 3 aliphatic rings. The van der Waals surface area contributed by atoms with Gasteiger partial charge < -0.3 is 25.4 Å². The normalized spacial score (nSPS) is 27.8. The third-order valence-corrected chi connectivity index (χ3v) is 9.60. The van der Waals surface area contributed by atoms with Crippen molar-refractivity contribution in [2.45, 2.75) is 69.2 Å². The highest BCUT2D eigenvalue weighted by Gasteiger charge is 2.78. The molecule has 220 valence electrons. The number of ether oxygens (including phenoxy) is 1. The third kappa shape index (κ3) is 4.76. The second kappa shape index (κ2) is 11.5. The molecule has 0 aromatic heterocycles. The maximum absolute atomic E-state index is 14.3. The number of hydrogen-bond donors (Lipinski definition) is 3. The van der Waals surface area contributed by atoms with Crippen molar-refractivity contribution < 1.29 is 24.2 Å². The van der Waals surface area contributed by atoms with Gasteiger partial charge in [0.05, 0.1) is 17.4 Å². The summed E-state index contributed by atoms with van der Waals surface area (Å²) in [6.07, 6.45) is 3.76. The standard InChI is InChI=1S/C34H39N3O5/c1-2-33-17-18-34(42-33)28(27(33)30(39)35-22-23-11-5-3-6-12-23)32(41)37(19-9-4-10-20-38)29(34)31(40)36-26-16-15-24-13-7-8-14-25(24)21-26/h3,5-8,11-16,21,27-29,38H,2,4,9-10,17-20,22H2,1H3,(H,35,39)(H,36,40)/t27-,28+,29?,33+,34?/m1/s1. The molecule has 0 saturated carbocycles. The van der Waals surface area contributed by atoms with Crippen LogP contribution in [0.1, 0.15) is 51.0 Å². The molecule has 3 heterocycles. The number of aliphatic hydroxyl groups is 1. The van der Waals surface area contributed by atoms with Gasteiger partial charge in [0, 0.05) is 25.4 Å². The largest absolute Gasteiger partial charge is 0.396 e. The molecule has 3 N–H and O–H groups in total. The number of anilines is 1. The lowest BCUT2D eigenvalue weighted by molar-refractivity contribution is -0.146. The number of carbonyl (C=O) groups is 3. The van der Waals surface area contributed by atoms with E-state index in [1.54, 1.807) is 4.90 Å². The number of carbonyl (C=O) groups excluding carboxylic acids is 3. The molecule has 6 rings (SSSR count). The van der Waals surface area contributed by atoms with Crippen LogP contribution in [0.15, 0.2) is 72.8 Å². The number of benzene rings is 3. The Hall–Kier alpha value is -3.75. The Bertz CT molecular complexity index is 1480. The Morgan fingerprint density at radius 2 is 1.71 bits per heavy atom.